The maximum Gasteiger partial charge on any atom is 0.0852 e. The summed E-state index contributed by atoms with van der Waals surface area (Å²) in [6.45, 7) is 10.8. The van der Waals surface area contributed by atoms with Gasteiger partial charge in [-0.3, -0.25) is 0 Å². The van der Waals surface area contributed by atoms with Crippen molar-refractivity contribution in [1.29, 1.82) is 0 Å². The summed E-state index contributed by atoms with van der Waals surface area (Å²) >= 11 is 0. The van der Waals surface area contributed by atoms with Gasteiger partial charge in [-0.25, -0.2) is 4.21 Å². The van der Waals surface area contributed by atoms with Crippen molar-refractivity contribution in [1.82, 2.24) is 0 Å². The first-order chi connectivity index (χ1) is 13.8. The fourth-order valence-corrected chi connectivity index (χ4v) is 4.80. The molecule has 0 aromatic heterocycles. The molecule has 3 rings (SSSR count). The summed E-state index contributed by atoms with van der Waals surface area (Å²) in [6.07, 6.45) is 11.5. The van der Waals surface area contributed by atoms with Crippen LogP contribution in [0.5, 0.6) is 0 Å². The van der Waals surface area contributed by atoms with Gasteiger partial charge in [0, 0.05) is 9.80 Å². The predicted molar refractivity (Wildman–Crippen MR) is 127 cm³/mol. The zero-order chi connectivity index (χ0) is 21.0. The first kappa shape index (κ1) is 21.3. The summed E-state index contributed by atoms with van der Waals surface area (Å²) in [5.41, 5.74) is 6.03. The van der Waals surface area contributed by atoms with Crippen LogP contribution in [0.1, 0.15) is 57.7 Å². The van der Waals surface area contributed by atoms with Crippen molar-refractivity contribution in [2.75, 3.05) is 0 Å². The molecule has 0 saturated carbocycles. The number of hydrogen-bond acceptors (Lipinski definition) is 1. The normalized spacial score (nSPS) is 17.8. The van der Waals surface area contributed by atoms with Crippen molar-refractivity contribution in [3.05, 3.63) is 101 Å². The molecule has 1 unspecified atom stereocenters. The highest BCUT2D eigenvalue weighted by atomic mass is 32.2. The summed E-state index contributed by atoms with van der Waals surface area (Å²) in [4.78, 5) is 1.78. The molecular weight excluding hydrogens is 372 g/mol. The van der Waals surface area contributed by atoms with Crippen molar-refractivity contribution in [2.45, 2.75) is 51.3 Å². The molecule has 0 spiro atoms. The van der Waals surface area contributed by atoms with Crippen LogP contribution >= 0.6 is 0 Å². The average molecular weight is 403 g/mol. The van der Waals surface area contributed by atoms with Crippen LogP contribution in [0.3, 0.4) is 0 Å². The van der Waals surface area contributed by atoms with Gasteiger partial charge in [0.1, 0.15) is 0 Å². The second-order valence-electron chi connectivity index (χ2n) is 8.24. The molecule has 150 valence electrons. The largest absolute Gasteiger partial charge is 0.249 e. The fraction of sp³-hybridized carbons (Fsp3) is 0.259. The van der Waals surface area contributed by atoms with Crippen LogP contribution in [0.15, 0.2) is 89.4 Å². The van der Waals surface area contributed by atoms with Crippen LogP contribution in [0.4, 0.5) is 0 Å². The summed E-state index contributed by atoms with van der Waals surface area (Å²) < 4.78 is 13.3. The summed E-state index contributed by atoms with van der Waals surface area (Å²) in [6, 6.07) is 16.4. The smallest absolute Gasteiger partial charge is 0.0852 e. The van der Waals surface area contributed by atoms with Gasteiger partial charge in [0.25, 0.3) is 0 Å². The highest BCUT2D eigenvalue weighted by Crippen LogP contribution is 2.42. The van der Waals surface area contributed by atoms with E-state index < -0.39 is 10.8 Å². The molecule has 1 aliphatic rings. The minimum absolute atomic E-state index is 0.0405. The molecule has 0 amide bonds. The quantitative estimate of drug-likeness (QED) is 0.475. The van der Waals surface area contributed by atoms with E-state index in [2.05, 4.69) is 76.3 Å². The first-order valence-corrected chi connectivity index (χ1v) is 11.3. The SMILES string of the molecule is C/C=C(C)/C=C/C=C(\C)c1ccc2c(c1)C(S(=O)c1ccccc1)=CCC2(C)C. The number of benzene rings is 2. The number of hydrogen-bond donors (Lipinski definition) is 0. The van der Waals surface area contributed by atoms with E-state index in [1.165, 1.54) is 22.3 Å². The van der Waals surface area contributed by atoms with Crippen molar-refractivity contribution in [2.24, 2.45) is 0 Å². The van der Waals surface area contributed by atoms with Gasteiger partial charge < -0.3 is 0 Å². The second kappa shape index (κ2) is 8.92. The molecule has 0 heterocycles. The molecule has 0 saturated heterocycles. The van der Waals surface area contributed by atoms with Crippen LogP contribution in [0.2, 0.25) is 0 Å². The van der Waals surface area contributed by atoms with E-state index in [0.717, 1.165) is 21.8 Å². The highest BCUT2D eigenvalue weighted by Gasteiger charge is 2.30. The van der Waals surface area contributed by atoms with E-state index in [1.54, 1.807) is 0 Å². The number of rotatable bonds is 5. The van der Waals surface area contributed by atoms with Crippen LogP contribution in [0, 0.1) is 0 Å². The van der Waals surface area contributed by atoms with E-state index in [4.69, 9.17) is 0 Å². The molecule has 2 aromatic carbocycles. The van der Waals surface area contributed by atoms with Gasteiger partial charge in [-0.2, -0.15) is 0 Å². The lowest BCUT2D eigenvalue weighted by Gasteiger charge is -2.32. The molecule has 0 bridgehead atoms. The zero-order valence-corrected chi connectivity index (χ0v) is 18.8. The van der Waals surface area contributed by atoms with Gasteiger partial charge in [0.05, 0.1) is 10.8 Å². The van der Waals surface area contributed by atoms with Crippen molar-refractivity contribution in [3.63, 3.8) is 0 Å². The van der Waals surface area contributed by atoms with Gasteiger partial charge >= 0.3 is 0 Å². The fourth-order valence-electron chi connectivity index (χ4n) is 3.53. The highest BCUT2D eigenvalue weighted by molar-refractivity contribution is 7.94. The molecule has 0 aliphatic heterocycles. The van der Waals surface area contributed by atoms with E-state index in [-0.39, 0.29) is 5.41 Å². The van der Waals surface area contributed by atoms with Gasteiger partial charge in [-0.15, -0.1) is 0 Å². The summed E-state index contributed by atoms with van der Waals surface area (Å²) in [7, 11) is -1.18. The second-order valence-corrected chi connectivity index (χ2v) is 9.69. The molecule has 1 atom stereocenters. The molecular formula is C27H30OS. The average Bonchev–Trinajstić information content (AvgIpc) is 2.73. The van der Waals surface area contributed by atoms with Crippen LogP contribution in [-0.2, 0) is 16.2 Å². The summed E-state index contributed by atoms with van der Waals surface area (Å²) in [5, 5.41) is 0. The van der Waals surface area contributed by atoms with Gasteiger partial charge in [0.15, 0.2) is 0 Å². The third-order valence-corrected chi connectivity index (χ3v) is 7.07. The van der Waals surface area contributed by atoms with E-state index >= 15 is 0 Å². The van der Waals surface area contributed by atoms with E-state index in [0.29, 0.717) is 0 Å². The van der Waals surface area contributed by atoms with Crippen LogP contribution < -0.4 is 0 Å². The van der Waals surface area contributed by atoms with Crippen molar-refractivity contribution in [3.8, 4) is 0 Å². The Kier molecular flexibility index (Phi) is 6.54. The lowest BCUT2D eigenvalue weighted by molar-refractivity contribution is 0.528. The predicted octanol–water partition coefficient (Wildman–Crippen LogP) is 7.44. The minimum atomic E-state index is -1.18. The lowest BCUT2D eigenvalue weighted by Crippen LogP contribution is -2.22. The molecule has 0 fully saturated rings. The summed E-state index contributed by atoms with van der Waals surface area (Å²) in [5.74, 6) is 0. The topological polar surface area (TPSA) is 17.1 Å². The maximum absolute atomic E-state index is 13.3. The van der Waals surface area contributed by atoms with Crippen LogP contribution in [0.25, 0.3) is 10.5 Å². The Bertz CT molecular complexity index is 1030. The van der Waals surface area contributed by atoms with Crippen LogP contribution in [-0.4, -0.2) is 4.21 Å². The third-order valence-electron chi connectivity index (χ3n) is 5.58. The van der Waals surface area contributed by atoms with Crippen molar-refractivity contribution >= 4 is 21.3 Å². The van der Waals surface area contributed by atoms with E-state index in [1.807, 2.05) is 37.3 Å². The Hall–Kier alpha value is -2.45. The first-order valence-electron chi connectivity index (χ1n) is 10.1. The molecule has 1 aliphatic carbocycles. The molecule has 2 heteroatoms. The minimum Gasteiger partial charge on any atom is -0.249 e. The monoisotopic (exact) mass is 402 g/mol. The molecule has 29 heavy (non-hydrogen) atoms. The molecule has 0 N–H and O–H groups in total. The van der Waals surface area contributed by atoms with Gasteiger partial charge in [-0.05, 0) is 73.1 Å². The van der Waals surface area contributed by atoms with E-state index in [9.17, 15) is 4.21 Å². The number of fused-ring (bicyclic) bond motifs is 1. The third kappa shape index (κ3) is 4.76. The number of allylic oxidation sites excluding steroid dienone is 7. The molecule has 2 aromatic rings. The van der Waals surface area contributed by atoms with Gasteiger partial charge in [-0.1, -0.05) is 80.1 Å². The molecule has 1 nitrogen and oxygen atoms in total. The van der Waals surface area contributed by atoms with Crippen molar-refractivity contribution < 1.29 is 4.21 Å². The Morgan fingerprint density at radius 2 is 1.79 bits per heavy atom. The van der Waals surface area contributed by atoms with Gasteiger partial charge in [0.2, 0.25) is 0 Å². The maximum atomic E-state index is 13.3. The zero-order valence-electron chi connectivity index (χ0n) is 18.0. The molecule has 0 radical (unpaired) electrons. The Balaban J connectivity index is 2.03. The lowest BCUT2D eigenvalue weighted by atomic mass is 9.75. The Morgan fingerprint density at radius 3 is 2.48 bits per heavy atom. The Labute approximate surface area is 178 Å². The standard InChI is InChI=1S/C27H30OS/c1-6-20(2)11-10-12-21(3)22-15-16-25-24(19-22)26(17-18-27(25,4)5)29(28)23-13-8-7-9-14-23/h6-17,19H,18H2,1-5H3/b11-10+,20-6+,21-12+. The Morgan fingerprint density at radius 1 is 1.07 bits per heavy atom.